The van der Waals surface area contributed by atoms with E-state index >= 15 is 0 Å². The van der Waals surface area contributed by atoms with Crippen molar-refractivity contribution >= 4 is 17.5 Å². The lowest BCUT2D eigenvalue weighted by atomic mass is 10.2. The van der Waals surface area contributed by atoms with Crippen LogP contribution in [0.25, 0.3) is 0 Å². The first kappa shape index (κ1) is 19.4. The monoisotopic (exact) mass is 392 g/mol. The quantitative estimate of drug-likeness (QED) is 0.712. The predicted molar refractivity (Wildman–Crippen MR) is 99.9 cm³/mol. The van der Waals surface area contributed by atoms with Crippen LogP contribution in [0.1, 0.15) is 10.4 Å². The Hall–Kier alpha value is -2.32. The number of carbonyl (C=O) groups is 1. The molecule has 1 amide bonds. The molecule has 2 aromatic carbocycles. The number of benzene rings is 2. The molecular weight excluding hydrogens is 372 g/mol. The molecule has 1 heterocycles. The van der Waals surface area contributed by atoms with E-state index in [1.165, 1.54) is 6.07 Å². The number of hydrogen-bond donors (Lipinski definition) is 2. The second-order valence-corrected chi connectivity index (χ2v) is 6.63. The van der Waals surface area contributed by atoms with Crippen molar-refractivity contribution in [3.63, 3.8) is 0 Å². The van der Waals surface area contributed by atoms with Crippen LogP contribution in [-0.2, 0) is 4.84 Å². The van der Waals surface area contributed by atoms with E-state index < -0.39 is 12.0 Å². The molecule has 0 bridgehead atoms. The van der Waals surface area contributed by atoms with Crippen molar-refractivity contribution in [1.29, 1.82) is 0 Å². The van der Waals surface area contributed by atoms with Crippen LogP contribution in [0.3, 0.4) is 0 Å². The maximum atomic E-state index is 11.2. The molecule has 3 rings (SSSR count). The van der Waals surface area contributed by atoms with Gasteiger partial charge >= 0.3 is 0 Å². The summed E-state index contributed by atoms with van der Waals surface area (Å²) in [7, 11) is 0. The van der Waals surface area contributed by atoms with Crippen LogP contribution in [0.4, 0.5) is 0 Å². The molecule has 2 atom stereocenters. The number of nitrogens with two attached hydrogens (primary N) is 1. The van der Waals surface area contributed by atoms with Crippen molar-refractivity contribution in [3.8, 4) is 11.5 Å². The summed E-state index contributed by atoms with van der Waals surface area (Å²) in [4.78, 5) is 16.7. The third kappa shape index (κ3) is 5.83. The molecule has 0 aliphatic carbocycles. The summed E-state index contributed by atoms with van der Waals surface area (Å²) < 4.78 is 11.3. The van der Waals surface area contributed by atoms with E-state index in [4.69, 9.17) is 31.6 Å². The number of rotatable bonds is 8. The number of halogens is 1. The van der Waals surface area contributed by atoms with Gasteiger partial charge in [-0.25, -0.2) is 0 Å². The highest BCUT2D eigenvalue weighted by atomic mass is 35.5. The van der Waals surface area contributed by atoms with Gasteiger partial charge in [-0.1, -0.05) is 17.7 Å². The Labute approximate surface area is 162 Å². The van der Waals surface area contributed by atoms with Crippen LogP contribution in [-0.4, -0.2) is 54.6 Å². The zero-order chi connectivity index (χ0) is 19.2. The van der Waals surface area contributed by atoms with Gasteiger partial charge in [-0.2, -0.15) is 5.06 Å². The highest BCUT2D eigenvalue weighted by Gasteiger charge is 2.27. The average Bonchev–Trinajstić information content (AvgIpc) is 3.09. The summed E-state index contributed by atoms with van der Waals surface area (Å²) in [6.07, 6.45) is -0.900. The Bertz CT molecular complexity index is 771. The van der Waals surface area contributed by atoms with E-state index in [1.54, 1.807) is 47.5 Å². The summed E-state index contributed by atoms with van der Waals surface area (Å²) in [6, 6.07) is 13.6. The van der Waals surface area contributed by atoms with Crippen LogP contribution < -0.4 is 15.2 Å². The number of carbonyl (C=O) groups excluding carboxylic acids is 1. The fraction of sp³-hybridized carbons (Fsp3) is 0.316. The first-order chi connectivity index (χ1) is 13.0. The molecule has 7 nitrogen and oxygen atoms in total. The van der Waals surface area contributed by atoms with Gasteiger partial charge in [0.05, 0.1) is 13.1 Å². The van der Waals surface area contributed by atoms with E-state index in [1.807, 2.05) is 0 Å². The number of hydrogen-bond acceptors (Lipinski definition) is 6. The van der Waals surface area contributed by atoms with Crippen molar-refractivity contribution in [3.05, 3.63) is 59.1 Å². The molecule has 1 fully saturated rings. The smallest absolute Gasteiger partial charge is 0.248 e. The topological polar surface area (TPSA) is 94.3 Å². The lowest BCUT2D eigenvalue weighted by Crippen LogP contribution is -2.34. The minimum atomic E-state index is -0.767. The first-order valence-corrected chi connectivity index (χ1v) is 8.88. The Balaban J connectivity index is 1.42. The molecule has 0 unspecified atom stereocenters. The largest absolute Gasteiger partial charge is 0.491 e. The Morgan fingerprint density at radius 3 is 2.81 bits per heavy atom. The number of amides is 1. The zero-order valence-corrected chi connectivity index (χ0v) is 15.3. The second kappa shape index (κ2) is 9.05. The van der Waals surface area contributed by atoms with Crippen LogP contribution >= 0.6 is 11.6 Å². The van der Waals surface area contributed by atoms with Crippen molar-refractivity contribution in [1.82, 2.24) is 5.06 Å². The average molecular weight is 393 g/mol. The first-order valence-electron chi connectivity index (χ1n) is 8.50. The Morgan fingerprint density at radius 2 is 2.07 bits per heavy atom. The number of primary amides is 1. The van der Waals surface area contributed by atoms with Gasteiger partial charge in [0.15, 0.2) is 0 Å². The van der Waals surface area contributed by atoms with E-state index in [0.717, 1.165) is 0 Å². The third-order valence-electron chi connectivity index (χ3n) is 3.94. The predicted octanol–water partition coefficient (Wildman–Crippen LogP) is 1.87. The molecule has 1 saturated heterocycles. The van der Waals surface area contributed by atoms with Crippen molar-refractivity contribution in [2.45, 2.75) is 12.2 Å². The summed E-state index contributed by atoms with van der Waals surface area (Å²) in [5.41, 5.74) is 5.59. The van der Waals surface area contributed by atoms with Crippen LogP contribution in [0.5, 0.6) is 11.5 Å². The second-order valence-electron chi connectivity index (χ2n) is 6.19. The van der Waals surface area contributed by atoms with E-state index in [2.05, 4.69) is 0 Å². The van der Waals surface area contributed by atoms with E-state index in [-0.39, 0.29) is 19.3 Å². The molecule has 8 heteroatoms. The number of aliphatic hydroxyl groups excluding tert-OH is 1. The number of aliphatic hydroxyl groups is 1. The highest BCUT2D eigenvalue weighted by molar-refractivity contribution is 6.30. The molecule has 1 aliphatic heterocycles. The lowest BCUT2D eigenvalue weighted by Gasteiger charge is -2.19. The molecule has 27 heavy (non-hydrogen) atoms. The van der Waals surface area contributed by atoms with Gasteiger partial charge in [0, 0.05) is 10.6 Å². The molecular formula is C19H21ClN2O5. The van der Waals surface area contributed by atoms with Gasteiger partial charge in [-0.3, -0.25) is 9.63 Å². The van der Waals surface area contributed by atoms with Crippen LogP contribution in [0.15, 0.2) is 48.5 Å². The van der Waals surface area contributed by atoms with Crippen LogP contribution in [0.2, 0.25) is 5.02 Å². The number of β-amino-alcohol motifs (C(OH)–C–C–N with tert-alkyl or cyclic N) is 1. The normalized spacial score (nSPS) is 18.2. The molecule has 0 saturated carbocycles. The molecule has 0 radical (unpaired) electrons. The van der Waals surface area contributed by atoms with Gasteiger partial charge in [-0.05, 0) is 42.5 Å². The Morgan fingerprint density at radius 1 is 1.30 bits per heavy atom. The molecule has 1 aliphatic rings. The van der Waals surface area contributed by atoms with Gasteiger partial charge in [0.1, 0.15) is 36.9 Å². The standard InChI is InChI=1S/C19H21ClN2O5/c20-14-4-6-16(7-5-14)27-18-10-22(26-12-18)9-15(23)11-25-17-3-1-2-13(8-17)19(21)24/h1-8,15,18,23H,9-12H2,(H2,21,24)/t15-,18+/m0/s1. The summed E-state index contributed by atoms with van der Waals surface area (Å²) in [6.45, 7) is 1.26. The summed E-state index contributed by atoms with van der Waals surface area (Å²) in [5.74, 6) is 0.655. The summed E-state index contributed by atoms with van der Waals surface area (Å²) >= 11 is 5.86. The minimum absolute atomic E-state index is 0.0603. The molecule has 0 aromatic heterocycles. The SMILES string of the molecule is NC(=O)c1cccc(OC[C@@H](O)CN2C[C@@H](Oc3ccc(Cl)cc3)CO2)c1. The molecule has 144 valence electrons. The highest BCUT2D eigenvalue weighted by Crippen LogP contribution is 2.19. The van der Waals surface area contributed by atoms with Gasteiger partial charge in [-0.15, -0.1) is 0 Å². The fourth-order valence-electron chi connectivity index (χ4n) is 2.64. The van der Waals surface area contributed by atoms with Crippen molar-refractivity contribution in [2.24, 2.45) is 5.73 Å². The number of hydroxylamine groups is 2. The van der Waals surface area contributed by atoms with Gasteiger partial charge < -0.3 is 20.3 Å². The zero-order valence-electron chi connectivity index (χ0n) is 14.6. The summed E-state index contributed by atoms with van der Waals surface area (Å²) in [5, 5.41) is 12.5. The van der Waals surface area contributed by atoms with Gasteiger partial charge in [0.25, 0.3) is 0 Å². The number of ether oxygens (including phenoxy) is 2. The van der Waals surface area contributed by atoms with Crippen LogP contribution in [0, 0.1) is 0 Å². The molecule has 0 spiro atoms. The van der Waals surface area contributed by atoms with E-state index in [9.17, 15) is 9.90 Å². The minimum Gasteiger partial charge on any atom is -0.491 e. The van der Waals surface area contributed by atoms with E-state index in [0.29, 0.717) is 35.2 Å². The Kier molecular flexibility index (Phi) is 6.52. The maximum absolute atomic E-state index is 11.2. The van der Waals surface area contributed by atoms with Crippen molar-refractivity contribution in [2.75, 3.05) is 26.3 Å². The fourth-order valence-corrected chi connectivity index (χ4v) is 2.77. The van der Waals surface area contributed by atoms with Crippen molar-refractivity contribution < 1.29 is 24.2 Å². The molecule has 2 aromatic rings. The lowest BCUT2D eigenvalue weighted by molar-refractivity contribution is -0.131. The van der Waals surface area contributed by atoms with Gasteiger partial charge in [0.2, 0.25) is 5.91 Å². The third-order valence-corrected chi connectivity index (χ3v) is 4.19. The molecule has 3 N–H and O–H groups in total. The number of nitrogens with zero attached hydrogens (tertiary/aromatic N) is 1. The maximum Gasteiger partial charge on any atom is 0.248 e.